The number of aryl methyl sites for hydroxylation is 5. The molecule has 202 valence electrons. The summed E-state index contributed by atoms with van der Waals surface area (Å²) in [4.78, 5) is 12.3. The van der Waals surface area contributed by atoms with Crippen LogP contribution in [0.25, 0.3) is 22.2 Å². The van der Waals surface area contributed by atoms with Crippen molar-refractivity contribution in [3.8, 4) is 17.0 Å². The molecule has 0 bridgehead atoms. The molecule has 0 radical (unpaired) electrons. The van der Waals surface area contributed by atoms with E-state index < -0.39 is 15.9 Å². The number of aromatic nitrogens is 3. The lowest BCUT2D eigenvalue weighted by molar-refractivity contribution is -0.119. The Kier molecular flexibility index (Phi) is 8.18. The van der Waals surface area contributed by atoms with E-state index in [0.29, 0.717) is 13.2 Å². The van der Waals surface area contributed by atoms with Crippen LogP contribution in [0.3, 0.4) is 0 Å². The van der Waals surface area contributed by atoms with Gasteiger partial charge < -0.3 is 9.30 Å². The molecule has 0 saturated heterocycles. The number of halogens is 1. The number of rotatable bonds is 10. The Balaban J connectivity index is 1.63. The number of hydrogen-bond acceptors (Lipinski definition) is 5. The quantitative estimate of drug-likeness (QED) is 0.274. The third kappa shape index (κ3) is 6.05. The second-order valence-electron chi connectivity index (χ2n) is 9.63. The van der Waals surface area contributed by atoms with Crippen molar-refractivity contribution in [1.29, 1.82) is 0 Å². The number of hydrogen-bond donors (Lipinski definition) is 1. The van der Waals surface area contributed by atoms with Gasteiger partial charge in [-0.1, -0.05) is 29.8 Å². The van der Waals surface area contributed by atoms with E-state index in [-0.39, 0.29) is 6.42 Å². The summed E-state index contributed by atoms with van der Waals surface area (Å²) in [5.41, 5.74) is 7.16. The number of nitrogens with one attached hydrogen (secondary N) is 1. The molecule has 1 amide bonds. The number of carbonyl (C=O) groups excluding carboxylic acids is 1. The van der Waals surface area contributed by atoms with Crippen molar-refractivity contribution in [3.05, 3.63) is 70.0 Å². The minimum atomic E-state index is -3.61. The summed E-state index contributed by atoms with van der Waals surface area (Å²) >= 11 is 6.28. The fourth-order valence-corrected chi connectivity index (χ4v) is 5.57. The molecule has 0 aliphatic carbocycles. The fraction of sp³-hybridized carbons (Fsp3) is 0.357. The molecule has 0 aliphatic rings. The normalized spacial score (nSPS) is 11.7. The topological polar surface area (TPSA) is 95.2 Å². The van der Waals surface area contributed by atoms with Crippen LogP contribution < -0.4 is 9.46 Å². The van der Waals surface area contributed by atoms with Crippen LogP contribution in [0.2, 0.25) is 5.02 Å². The standard InChI is InChI=1S/C28H33ClN4O4S/c1-18-16-21(17-19(2)27(18)29)37-15-7-10-22-20(3)33(14-12-26(34)31-38(5,35)36)28-23(22)8-6-9-24(28)25-11-13-30-32(25)4/h6,8-9,11,13,16-17H,7,10,12,14-15H2,1-5H3,(H,31,34). The molecule has 0 saturated carbocycles. The Morgan fingerprint density at radius 3 is 2.47 bits per heavy atom. The SMILES string of the molecule is Cc1cc(OCCCc2c(C)n(CCC(=O)NS(C)(=O)=O)c3c(-c4ccnn4C)cccc23)cc(C)c1Cl. The maximum atomic E-state index is 12.3. The molecule has 0 aliphatic heterocycles. The predicted molar refractivity (Wildman–Crippen MR) is 151 cm³/mol. The first-order valence-electron chi connectivity index (χ1n) is 12.5. The number of fused-ring (bicyclic) bond motifs is 1. The van der Waals surface area contributed by atoms with Crippen LogP contribution in [0.4, 0.5) is 0 Å². The third-order valence-electron chi connectivity index (χ3n) is 6.68. The molecule has 10 heteroatoms. The predicted octanol–water partition coefficient (Wildman–Crippen LogP) is 5.10. The van der Waals surface area contributed by atoms with Crippen molar-refractivity contribution in [1.82, 2.24) is 19.1 Å². The van der Waals surface area contributed by atoms with Crippen LogP contribution in [-0.4, -0.2) is 41.5 Å². The third-order valence-corrected chi connectivity index (χ3v) is 7.88. The summed E-state index contributed by atoms with van der Waals surface area (Å²) in [5, 5.41) is 6.19. The first kappa shape index (κ1) is 27.7. The number of sulfonamides is 1. The van der Waals surface area contributed by atoms with Gasteiger partial charge in [0.2, 0.25) is 15.9 Å². The molecule has 0 unspecified atom stereocenters. The Hall–Kier alpha value is -3.30. The van der Waals surface area contributed by atoms with Gasteiger partial charge in [-0.3, -0.25) is 14.2 Å². The van der Waals surface area contributed by atoms with E-state index in [1.807, 2.05) is 62.8 Å². The van der Waals surface area contributed by atoms with Gasteiger partial charge in [0.25, 0.3) is 0 Å². The maximum Gasteiger partial charge on any atom is 0.235 e. The van der Waals surface area contributed by atoms with Gasteiger partial charge in [-0.25, -0.2) is 8.42 Å². The first-order valence-corrected chi connectivity index (χ1v) is 14.7. The van der Waals surface area contributed by atoms with Crippen molar-refractivity contribution in [2.45, 2.75) is 46.6 Å². The Bertz CT molecular complexity index is 1580. The molecule has 4 aromatic rings. The van der Waals surface area contributed by atoms with Crippen LogP contribution in [0, 0.1) is 20.8 Å². The van der Waals surface area contributed by atoms with Gasteiger partial charge in [-0.15, -0.1) is 0 Å². The molecular weight excluding hydrogens is 524 g/mol. The van der Waals surface area contributed by atoms with E-state index in [1.54, 1.807) is 6.20 Å². The zero-order valence-electron chi connectivity index (χ0n) is 22.3. The van der Waals surface area contributed by atoms with Crippen LogP contribution >= 0.6 is 11.6 Å². The minimum Gasteiger partial charge on any atom is -0.494 e. The van der Waals surface area contributed by atoms with Gasteiger partial charge >= 0.3 is 0 Å². The van der Waals surface area contributed by atoms with E-state index in [9.17, 15) is 13.2 Å². The number of para-hydroxylation sites is 1. The van der Waals surface area contributed by atoms with E-state index in [0.717, 1.165) is 68.9 Å². The van der Waals surface area contributed by atoms with Crippen molar-refractivity contribution in [3.63, 3.8) is 0 Å². The molecule has 2 heterocycles. The first-order chi connectivity index (χ1) is 18.0. The molecular formula is C28H33ClN4O4S. The van der Waals surface area contributed by atoms with Crippen molar-refractivity contribution < 1.29 is 17.9 Å². The van der Waals surface area contributed by atoms with Gasteiger partial charge in [-0.05, 0) is 68.5 Å². The summed E-state index contributed by atoms with van der Waals surface area (Å²) in [6, 6.07) is 12.0. The molecule has 0 fully saturated rings. The smallest absolute Gasteiger partial charge is 0.235 e. The Morgan fingerprint density at radius 2 is 1.84 bits per heavy atom. The van der Waals surface area contributed by atoms with Crippen molar-refractivity contribution in [2.24, 2.45) is 7.05 Å². The highest BCUT2D eigenvalue weighted by atomic mass is 35.5. The summed E-state index contributed by atoms with van der Waals surface area (Å²) < 4.78 is 35.1. The lowest BCUT2D eigenvalue weighted by atomic mass is 10.0. The fourth-order valence-electron chi connectivity index (χ4n) is 4.94. The molecule has 2 aromatic heterocycles. The van der Waals surface area contributed by atoms with Crippen molar-refractivity contribution in [2.75, 3.05) is 12.9 Å². The monoisotopic (exact) mass is 556 g/mol. The molecule has 4 rings (SSSR count). The van der Waals surface area contributed by atoms with Crippen LogP contribution in [0.15, 0.2) is 42.6 Å². The van der Waals surface area contributed by atoms with Gasteiger partial charge in [0.05, 0.1) is 24.1 Å². The highest BCUT2D eigenvalue weighted by Crippen LogP contribution is 2.35. The van der Waals surface area contributed by atoms with E-state index >= 15 is 0 Å². The summed E-state index contributed by atoms with van der Waals surface area (Å²) in [7, 11) is -1.72. The van der Waals surface area contributed by atoms with Crippen LogP contribution in [-0.2, 0) is 34.8 Å². The molecule has 1 N–H and O–H groups in total. The van der Waals surface area contributed by atoms with Gasteiger partial charge in [-0.2, -0.15) is 5.10 Å². The van der Waals surface area contributed by atoms with Gasteiger partial charge in [0.15, 0.2) is 0 Å². The Morgan fingerprint density at radius 1 is 1.13 bits per heavy atom. The zero-order chi connectivity index (χ0) is 27.6. The lowest BCUT2D eigenvalue weighted by Crippen LogP contribution is -2.30. The second-order valence-corrected chi connectivity index (χ2v) is 11.8. The van der Waals surface area contributed by atoms with Crippen LogP contribution in [0.1, 0.15) is 35.2 Å². The van der Waals surface area contributed by atoms with E-state index in [2.05, 4.69) is 20.5 Å². The highest BCUT2D eigenvalue weighted by molar-refractivity contribution is 7.89. The minimum absolute atomic E-state index is 0.0369. The average molecular weight is 557 g/mol. The Labute approximate surface area is 228 Å². The number of amides is 1. The largest absolute Gasteiger partial charge is 0.494 e. The average Bonchev–Trinajstić information content (AvgIpc) is 3.38. The molecule has 8 nitrogen and oxygen atoms in total. The number of benzene rings is 2. The van der Waals surface area contributed by atoms with Crippen LogP contribution in [0.5, 0.6) is 5.75 Å². The van der Waals surface area contributed by atoms with Gasteiger partial charge in [0, 0.05) is 47.9 Å². The molecule has 0 spiro atoms. The summed E-state index contributed by atoms with van der Waals surface area (Å²) in [5.74, 6) is 0.272. The maximum absolute atomic E-state index is 12.3. The molecule has 38 heavy (non-hydrogen) atoms. The number of ether oxygens (including phenoxy) is 1. The zero-order valence-corrected chi connectivity index (χ0v) is 23.9. The van der Waals surface area contributed by atoms with E-state index in [4.69, 9.17) is 16.3 Å². The number of nitrogens with zero attached hydrogens (tertiary/aromatic N) is 3. The summed E-state index contributed by atoms with van der Waals surface area (Å²) in [6.45, 7) is 6.87. The number of carbonyl (C=O) groups is 1. The van der Waals surface area contributed by atoms with Crippen molar-refractivity contribution >= 4 is 38.4 Å². The lowest BCUT2D eigenvalue weighted by Gasteiger charge is -2.12. The van der Waals surface area contributed by atoms with Gasteiger partial charge in [0.1, 0.15) is 5.75 Å². The highest BCUT2D eigenvalue weighted by Gasteiger charge is 2.20. The van der Waals surface area contributed by atoms with E-state index in [1.165, 1.54) is 5.56 Å². The molecule has 0 atom stereocenters. The summed E-state index contributed by atoms with van der Waals surface area (Å²) in [6.07, 6.45) is 4.35. The second kappa shape index (κ2) is 11.2. The molecule has 2 aromatic carbocycles.